The minimum Gasteiger partial charge on any atom is -0.487 e. The monoisotopic (exact) mass is 286 g/mol. The van der Waals surface area contributed by atoms with Gasteiger partial charge in [0.1, 0.15) is 17.2 Å². The summed E-state index contributed by atoms with van der Waals surface area (Å²) < 4.78 is 18.9. The number of rotatable bonds is 3. The van der Waals surface area contributed by atoms with Crippen molar-refractivity contribution in [2.45, 2.75) is 38.4 Å². The number of para-hydroxylation sites is 1. The van der Waals surface area contributed by atoms with Crippen molar-refractivity contribution in [3.8, 4) is 5.75 Å². The van der Waals surface area contributed by atoms with E-state index in [1.807, 2.05) is 32.0 Å². The molecule has 0 aliphatic carbocycles. The van der Waals surface area contributed by atoms with E-state index in [2.05, 4.69) is 0 Å². The number of aliphatic hydroxyl groups excluding tert-OH is 1. The van der Waals surface area contributed by atoms with Crippen LogP contribution in [0.1, 0.15) is 36.6 Å². The SMILES string of the molecule is CC1(C)Cc2cccc(C(O)Cc3ccc(F)cc3)c2O1. The van der Waals surface area contributed by atoms with Gasteiger partial charge >= 0.3 is 0 Å². The number of benzene rings is 2. The zero-order chi connectivity index (χ0) is 15.0. The van der Waals surface area contributed by atoms with Gasteiger partial charge in [-0.05, 0) is 37.1 Å². The molecule has 0 bridgehead atoms. The highest BCUT2D eigenvalue weighted by atomic mass is 19.1. The standard InChI is InChI=1S/C18H19FO2/c1-18(2)11-13-4-3-5-15(17(13)21-18)16(20)10-12-6-8-14(19)9-7-12/h3-9,16,20H,10-11H2,1-2H3. The lowest BCUT2D eigenvalue weighted by Gasteiger charge is -2.20. The molecule has 2 aromatic carbocycles. The van der Waals surface area contributed by atoms with Crippen molar-refractivity contribution in [1.82, 2.24) is 0 Å². The van der Waals surface area contributed by atoms with E-state index in [9.17, 15) is 9.50 Å². The van der Waals surface area contributed by atoms with Gasteiger partial charge in [0.05, 0.1) is 6.10 Å². The van der Waals surface area contributed by atoms with Crippen molar-refractivity contribution in [2.75, 3.05) is 0 Å². The molecular formula is C18H19FO2. The van der Waals surface area contributed by atoms with Crippen molar-refractivity contribution < 1.29 is 14.2 Å². The molecule has 0 aromatic heterocycles. The Bertz CT molecular complexity index is 647. The van der Waals surface area contributed by atoms with Crippen LogP contribution in [0.2, 0.25) is 0 Å². The van der Waals surface area contributed by atoms with Crippen LogP contribution in [0.15, 0.2) is 42.5 Å². The Morgan fingerprint density at radius 1 is 1.19 bits per heavy atom. The van der Waals surface area contributed by atoms with Gasteiger partial charge in [-0.2, -0.15) is 0 Å². The molecule has 1 heterocycles. The Kier molecular flexibility index (Phi) is 3.46. The summed E-state index contributed by atoms with van der Waals surface area (Å²) in [5.74, 6) is 0.538. The van der Waals surface area contributed by atoms with Crippen LogP contribution in [0, 0.1) is 5.82 Å². The second-order valence-corrected chi connectivity index (χ2v) is 6.22. The molecule has 1 atom stereocenters. The lowest BCUT2D eigenvalue weighted by Crippen LogP contribution is -2.25. The Hall–Kier alpha value is -1.87. The first kappa shape index (κ1) is 14.1. The summed E-state index contributed by atoms with van der Waals surface area (Å²) in [7, 11) is 0. The molecular weight excluding hydrogens is 267 g/mol. The highest BCUT2D eigenvalue weighted by Crippen LogP contribution is 2.40. The van der Waals surface area contributed by atoms with E-state index < -0.39 is 6.10 Å². The fraction of sp³-hybridized carbons (Fsp3) is 0.333. The summed E-state index contributed by atoms with van der Waals surface area (Å²) in [6, 6.07) is 12.1. The molecule has 0 saturated carbocycles. The summed E-state index contributed by atoms with van der Waals surface area (Å²) in [6.07, 6.45) is 0.638. The Morgan fingerprint density at radius 3 is 2.62 bits per heavy atom. The molecule has 1 aliphatic rings. The highest BCUT2D eigenvalue weighted by Gasteiger charge is 2.32. The van der Waals surface area contributed by atoms with E-state index in [-0.39, 0.29) is 11.4 Å². The van der Waals surface area contributed by atoms with Crippen LogP contribution in [0.25, 0.3) is 0 Å². The van der Waals surface area contributed by atoms with Crippen LogP contribution in [-0.4, -0.2) is 10.7 Å². The molecule has 1 aliphatic heterocycles. The van der Waals surface area contributed by atoms with Gasteiger partial charge in [0.15, 0.2) is 0 Å². The predicted octanol–water partition coefficient (Wildman–Crippen LogP) is 3.82. The van der Waals surface area contributed by atoms with Gasteiger partial charge in [0.25, 0.3) is 0 Å². The van der Waals surface area contributed by atoms with Crippen molar-refractivity contribution in [3.05, 3.63) is 65.0 Å². The van der Waals surface area contributed by atoms with Crippen LogP contribution in [-0.2, 0) is 12.8 Å². The summed E-state index contributed by atoms with van der Waals surface area (Å²) in [6.45, 7) is 4.09. The number of ether oxygens (including phenoxy) is 1. The average Bonchev–Trinajstić information content (AvgIpc) is 2.74. The fourth-order valence-electron chi connectivity index (χ4n) is 2.86. The molecule has 0 fully saturated rings. The molecule has 2 nitrogen and oxygen atoms in total. The molecule has 0 spiro atoms. The van der Waals surface area contributed by atoms with E-state index in [1.165, 1.54) is 12.1 Å². The summed E-state index contributed by atoms with van der Waals surface area (Å²) in [5, 5.41) is 10.5. The maximum absolute atomic E-state index is 12.9. The Balaban J connectivity index is 1.85. The lowest BCUT2D eigenvalue weighted by molar-refractivity contribution is 0.126. The largest absolute Gasteiger partial charge is 0.487 e. The number of hydrogen-bond acceptors (Lipinski definition) is 2. The van der Waals surface area contributed by atoms with Crippen LogP contribution >= 0.6 is 0 Å². The minimum absolute atomic E-state index is 0.228. The maximum Gasteiger partial charge on any atom is 0.129 e. The third-order valence-electron chi connectivity index (χ3n) is 3.82. The highest BCUT2D eigenvalue weighted by molar-refractivity contribution is 5.47. The predicted molar refractivity (Wildman–Crippen MR) is 79.9 cm³/mol. The molecule has 2 aromatic rings. The van der Waals surface area contributed by atoms with Crippen LogP contribution in [0.3, 0.4) is 0 Å². The minimum atomic E-state index is -0.653. The zero-order valence-corrected chi connectivity index (χ0v) is 12.3. The van der Waals surface area contributed by atoms with Crippen LogP contribution in [0.5, 0.6) is 5.75 Å². The third-order valence-corrected chi connectivity index (χ3v) is 3.82. The van der Waals surface area contributed by atoms with Crippen LogP contribution in [0.4, 0.5) is 4.39 Å². The molecule has 110 valence electrons. The molecule has 0 radical (unpaired) electrons. The fourth-order valence-corrected chi connectivity index (χ4v) is 2.86. The smallest absolute Gasteiger partial charge is 0.129 e. The van der Waals surface area contributed by atoms with Crippen LogP contribution < -0.4 is 4.74 Å². The summed E-state index contributed by atoms with van der Waals surface area (Å²) in [4.78, 5) is 0. The maximum atomic E-state index is 12.9. The summed E-state index contributed by atoms with van der Waals surface area (Å²) in [5.41, 5.74) is 2.62. The molecule has 3 rings (SSSR count). The topological polar surface area (TPSA) is 29.5 Å². The molecule has 21 heavy (non-hydrogen) atoms. The van der Waals surface area contributed by atoms with Gasteiger partial charge in [-0.25, -0.2) is 4.39 Å². The molecule has 0 amide bonds. The second kappa shape index (κ2) is 5.15. The van der Waals surface area contributed by atoms with Crippen molar-refractivity contribution in [2.24, 2.45) is 0 Å². The van der Waals surface area contributed by atoms with Crippen molar-refractivity contribution in [3.63, 3.8) is 0 Å². The van der Waals surface area contributed by atoms with E-state index in [0.717, 1.165) is 28.9 Å². The first-order valence-corrected chi connectivity index (χ1v) is 7.18. The Labute approximate surface area is 124 Å². The third kappa shape index (κ3) is 2.93. The zero-order valence-electron chi connectivity index (χ0n) is 12.3. The van der Waals surface area contributed by atoms with E-state index >= 15 is 0 Å². The average molecular weight is 286 g/mol. The quantitative estimate of drug-likeness (QED) is 0.929. The first-order valence-electron chi connectivity index (χ1n) is 7.18. The lowest BCUT2D eigenvalue weighted by atomic mass is 9.96. The molecule has 3 heteroatoms. The van der Waals surface area contributed by atoms with Crippen molar-refractivity contribution >= 4 is 0 Å². The molecule has 1 N–H and O–H groups in total. The van der Waals surface area contributed by atoms with Gasteiger partial charge < -0.3 is 9.84 Å². The van der Waals surface area contributed by atoms with Gasteiger partial charge in [-0.3, -0.25) is 0 Å². The van der Waals surface area contributed by atoms with Gasteiger partial charge in [0, 0.05) is 18.4 Å². The number of hydrogen-bond donors (Lipinski definition) is 1. The molecule has 0 saturated heterocycles. The number of fused-ring (bicyclic) bond motifs is 1. The van der Waals surface area contributed by atoms with E-state index in [4.69, 9.17) is 4.74 Å². The van der Waals surface area contributed by atoms with E-state index in [0.29, 0.717) is 6.42 Å². The van der Waals surface area contributed by atoms with Crippen molar-refractivity contribution in [1.29, 1.82) is 0 Å². The van der Waals surface area contributed by atoms with Gasteiger partial charge in [-0.1, -0.05) is 30.3 Å². The first-order chi connectivity index (χ1) is 9.94. The van der Waals surface area contributed by atoms with Gasteiger partial charge in [-0.15, -0.1) is 0 Å². The number of halogens is 1. The number of aliphatic hydroxyl groups is 1. The normalized spacial score (nSPS) is 17.1. The second-order valence-electron chi connectivity index (χ2n) is 6.22. The van der Waals surface area contributed by atoms with Gasteiger partial charge in [0.2, 0.25) is 0 Å². The summed E-state index contributed by atoms with van der Waals surface area (Å²) >= 11 is 0. The van der Waals surface area contributed by atoms with E-state index in [1.54, 1.807) is 12.1 Å². The Morgan fingerprint density at radius 2 is 1.90 bits per heavy atom. The molecule has 1 unspecified atom stereocenters.